The number of anilines is 1. The molecule has 0 fully saturated rings. The number of nitriles is 1. The third-order valence-corrected chi connectivity index (χ3v) is 4.08. The molecule has 0 aliphatic heterocycles. The molecule has 3 aromatic rings. The molecule has 0 saturated carbocycles. The topological polar surface area (TPSA) is 62.1 Å². The summed E-state index contributed by atoms with van der Waals surface area (Å²) < 4.78 is 5.75. The van der Waals surface area contributed by atoms with Gasteiger partial charge in [0, 0.05) is 5.69 Å². The van der Waals surface area contributed by atoms with Gasteiger partial charge in [-0.3, -0.25) is 4.79 Å². The highest BCUT2D eigenvalue weighted by Gasteiger charge is 2.09. The number of nitrogens with one attached hydrogen (secondary N) is 1. The van der Waals surface area contributed by atoms with Gasteiger partial charge in [-0.2, -0.15) is 5.26 Å². The molecule has 1 N–H and O–H groups in total. The van der Waals surface area contributed by atoms with Crippen LogP contribution in [0.2, 0.25) is 0 Å². The lowest BCUT2D eigenvalue weighted by Gasteiger charge is -2.07. The first kappa shape index (κ1) is 18.9. The van der Waals surface area contributed by atoms with Gasteiger partial charge in [0.15, 0.2) is 0 Å². The maximum atomic E-state index is 12.4. The Kier molecular flexibility index (Phi) is 6.22. The van der Waals surface area contributed by atoms with Crippen molar-refractivity contribution in [2.75, 3.05) is 5.32 Å². The van der Waals surface area contributed by atoms with E-state index in [0.717, 1.165) is 22.4 Å². The van der Waals surface area contributed by atoms with Crippen LogP contribution in [0.5, 0.6) is 5.75 Å². The predicted molar refractivity (Wildman–Crippen MR) is 111 cm³/mol. The zero-order valence-corrected chi connectivity index (χ0v) is 15.6. The van der Waals surface area contributed by atoms with Crippen molar-refractivity contribution in [3.8, 4) is 11.8 Å². The van der Waals surface area contributed by atoms with E-state index in [2.05, 4.69) is 5.32 Å². The van der Waals surface area contributed by atoms with E-state index in [1.807, 2.05) is 85.8 Å². The van der Waals surface area contributed by atoms with Crippen LogP contribution in [0.1, 0.15) is 16.7 Å². The van der Waals surface area contributed by atoms with Gasteiger partial charge in [0.2, 0.25) is 0 Å². The Balaban J connectivity index is 1.65. The maximum Gasteiger partial charge on any atom is 0.266 e. The smallest absolute Gasteiger partial charge is 0.266 e. The lowest BCUT2D eigenvalue weighted by Crippen LogP contribution is -2.13. The molecule has 4 nitrogen and oxygen atoms in total. The second-order valence-electron chi connectivity index (χ2n) is 6.34. The standard InChI is InChI=1S/C24H20N2O2/c1-18-6-5-9-22(14-18)26-24(27)21(16-25)15-19-10-12-23(13-11-19)28-17-20-7-3-2-4-8-20/h2-15H,17H2,1H3,(H,26,27)/b21-15-. The minimum atomic E-state index is -0.433. The minimum absolute atomic E-state index is 0.0412. The summed E-state index contributed by atoms with van der Waals surface area (Å²) in [5, 5.41) is 12.1. The molecule has 0 bridgehead atoms. The summed E-state index contributed by atoms with van der Waals surface area (Å²) >= 11 is 0. The lowest BCUT2D eigenvalue weighted by molar-refractivity contribution is -0.112. The minimum Gasteiger partial charge on any atom is -0.489 e. The number of carbonyl (C=O) groups excluding carboxylic acids is 1. The van der Waals surface area contributed by atoms with Crippen LogP contribution in [0.25, 0.3) is 6.08 Å². The van der Waals surface area contributed by atoms with E-state index in [1.165, 1.54) is 0 Å². The van der Waals surface area contributed by atoms with Crippen molar-refractivity contribution in [3.05, 3.63) is 101 Å². The van der Waals surface area contributed by atoms with Gasteiger partial charge in [-0.25, -0.2) is 0 Å². The number of rotatable bonds is 6. The Morgan fingerprint density at radius 3 is 2.46 bits per heavy atom. The molecule has 28 heavy (non-hydrogen) atoms. The molecule has 0 heterocycles. The molecule has 3 rings (SSSR count). The normalized spacial score (nSPS) is 10.8. The van der Waals surface area contributed by atoms with Gasteiger partial charge in [-0.1, -0.05) is 54.6 Å². The van der Waals surface area contributed by atoms with Gasteiger partial charge in [-0.15, -0.1) is 0 Å². The highest BCUT2D eigenvalue weighted by Crippen LogP contribution is 2.17. The van der Waals surface area contributed by atoms with Crippen LogP contribution in [0, 0.1) is 18.3 Å². The Bertz CT molecular complexity index is 1020. The van der Waals surface area contributed by atoms with Crippen molar-refractivity contribution < 1.29 is 9.53 Å². The molecule has 138 valence electrons. The van der Waals surface area contributed by atoms with E-state index in [0.29, 0.717) is 12.3 Å². The summed E-state index contributed by atoms with van der Waals surface area (Å²) in [6, 6.07) is 26.6. The second-order valence-corrected chi connectivity index (χ2v) is 6.34. The molecule has 1 amide bonds. The van der Waals surface area contributed by atoms with Crippen molar-refractivity contribution in [1.29, 1.82) is 5.26 Å². The van der Waals surface area contributed by atoms with Crippen molar-refractivity contribution >= 4 is 17.7 Å². The fourth-order valence-corrected chi connectivity index (χ4v) is 2.64. The molecule has 0 saturated heterocycles. The second kappa shape index (κ2) is 9.20. The number of ether oxygens (including phenoxy) is 1. The summed E-state index contributed by atoms with van der Waals surface area (Å²) in [6.07, 6.45) is 1.56. The molecule has 0 atom stereocenters. The average Bonchev–Trinajstić information content (AvgIpc) is 2.72. The van der Waals surface area contributed by atoms with Crippen LogP contribution >= 0.6 is 0 Å². The number of aryl methyl sites for hydroxylation is 1. The van der Waals surface area contributed by atoms with Gasteiger partial charge >= 0.3 is 0 Å². The number of nitrogens with zero attached hydrogens (tertiary/aromatic N) is 1. The van der Waals surface area contributed by atoms with E-state index in [-0.39, 0.29) is 5.57 Å². The maximum absolute atomic E-state index is 12.4. The summed E-state index contributed by atoms with van der Waals surface area (Å²) in [6.45, 7) is 2.43. The van der Waals surface area contributed by atoms with Crippen LogP contribution in [-0.4, -0.2) is 5.91 Å². The lowest BCUT2D eigenvalue weighted by atomic mass is 10.1. The Morgan fingerprint density at radius 2 is 1.79 bits per heavy atom. The van der Waals surface area contributed by atoms with Crippen molar-refractivity contribution in [1.82, 2.24) is 0 Å². The largest absolute Gasteiger partial charge is 0.489 e. The highest BCUT2D eigenvalue weighted by molar-refractivity contribution is 6.09. The zero-order valence-electron chi connectivity index (χ0n) is 15.6. The number of hydrogen-bond acceptors (Lipinski definition) is 3. The van der Waals surface area contributed by atoms with Gasteiger partial charge in [0.25, 0.3) is 5.91 Å². The van der Waals surface area contributed by atoms with E-state index in [1.54, 1.807) is 12.1 Å². The van der Waals surface area contributed by atoms with Gasteiger partial charge in [0.05, 0.1) is 0 Å². The van der Waals surface area contributed by atoms with Crippen LogP contribution in [0.3, 0.4) is 0 Å². The van der Waals surface area contributed by atoms with Crippen molar-refractivity contribution in [2.45, 2.75) is 13.5 Å². The SMILES string of the molecule is Cc1cccc(NC(=O)/C(C#N)=C\c2ccc(OCc3ccccc3)cc2)c1. The van der Waals surface area contributed by atoms with Gasteiger partial charge in [-0.05, 0) is 54.0 Å². The molecular formula is C24H20N2O2. The summed E-state index contributed by atoms with van der Waals surface area (Å²) in [7, 11) is 0. The predicted octanol–water partition coefficient (Wildman–Crippen LogP) is 5.12. The summed E-state index contributed by atoms with van der Waals surface area (Å²) in [5.41, 5.74) is 3.58. The van der Waals surface area contributed by atoms with E-state index >= 15 is 0 Å². The Morgan fingerprint density at radius 1 is 1.04 bits per heavy atom. The molecule has 0 radical (unpaired) electrons. The van der Waals surface area contributed by atoms with Crippen LogP contribution in [0.15, 0.2) is 84.4 Å². The first-order valence-electron chi connectivity index (χ1n) is 8.90. The fraction of sp³-hybridized carbons (Fsp3) is 0.0833. The van der Waals surface area contributed by atoms with Crippen LogP contribution in [-0.2, 0) is 11.4 Å². The quantitative estimate of drug-likeness (QED) is 0.485. The molecular weight excluding hydrogens is 348 g/mol. The zero-order chi connectivity index (χ0) is 19.8. The number of amides is 1. The number of carbonyl (C=O) groups is 1. The van der Waals surface area contributed by atoms with Crippen LogP contribution in [0.4, 0.5) is 5.69 Å². The molecule has 0 aromatic heterocycles. The first-order valence-corrected chi connectivity index (χ1v) is 8.90. The molecule has 0 unspecified atom stereocenters. The third-order valence-electron chi connectivity index (χ3n) is 4.08. The van der Waals surface area contributed by atoms with Crippen molar-refractivity contribution in [3.63, 3.8) is 0 Å². The molecule has 0 aliphatic rings. The average molecular weight is 368 g/mol. The van der Waals surface area contributed by atoms with E-state index < -0.39 is 5.91 Å². The highest BCUT2D eigenvalue weighted by atomic mass is 16.5. The Labute approximate surface area is 164 Å². The fourth-order valence-electron chi connectivity index (χ4n) is 2.64. The first-order chi connectivity index (χ1) is 13.6. The summed E-state index contributed by atoms with van der Waals surface area (Å²) in [5.74, 6) is 0.293. The van der Waals surface area contributed by atoms with Crippen molar-refractivity contribution in [2.24, 2.45) is 0 Å². The number of benzene rings is 3. The van der Waals surface area contributed by atoms with Gasteiger partial charge in [0.1, 0.15) is 24.0 Å². The molecule has 4 heteroatoms. The molecule has 0 spiro atoms. The molecule has 0 aliphatic carbocycles. The third kappa shape index (κ3) is 5.33. The van der Waals surface area contributed by atoms with Gasteiger partial charge < -0.3 is 10.1 Å². The van der Waals surface area contributed by atoms with E-state index in [9.17, 15) is 10.1 Å². The molecule has 3 aromatic carbocycles. The van der Waals surface area contributed by atoms with E-state index in [4.69, 9.17) is 4.74 Å². The Hall–Kier alpha value is -3.84. The number of hydrogen-bond donors (Lipinski definition) is 1. The monoisotopic (exact) mass is 368 g/mol. The summed E-state index contributed by atoms with van der Waals surface area (Å²) in [4.78, 5) is 12.4. The van der Waals surface area contributed by atoms with Crippen LogP contribution < -0.4 is 10.1 Å².